The molecule has 3 heteroatoms. The molecule has 0 aromatic heterocycles. The molecule has 0 bridgehead atoms. The maximum Gasteiger partial charge on any atom is 0.254 e. The molecule has 3 nitrogen and oxygen atoms in total. The van der Waals surface area contributed by atoms with E-state index < -0.39 is 11.5 Å². The lowest BCUT2D eigenvalue weighted by atomic mass is 9.93. The summed E-state index contributed by atoms with van der Waals surface area (Å²) in [5, 5.41) is 2.19. The molecular weight excluding hydrogens is 214 g/mol. The van der Waals surface area contributed by atoms with E-state index in [2.05, 4.69) is 0 Å². The number of rotatable bonds is 3. The Bertz CT molecular complexity index is 565. The lowest BCUT2D eigenvalue weighted by molar-refractivity contribution is -0.139. The van der Waals surface area contributed by atoms with E-state index in [4.69, 9.17) is 10.5 Å². The minimum absolute atomic E-state index is 0.490. The number of nitrogens with two attached hydrogens (primary N) is 1. The van der Waals surface area contributed by atoms with Crippen LogP contribution >= 0.6 is 0 Å². The molecule has 0 saturated heterocycles. The van der Waals surface area contributed by atoms with Crippen LogP contribution in [-0.2, 0) is 15.1 Å². The van der Waals surface area contributed by atoms with Crippen molar-refractivity contribution < 1.29 is 9.53 Å². The van der Waals surface area contributed by atoms with E-state index in [1.165, 1.54) is 7.11 Å². The van der Waals surface area contributed by atoms with Gasteiger partial charge in [-0.25, -0.2) is 0 Å². The van der Waals surface area contributed by atoms with E-state index in [9.17, 15) is 4.79 Å². The van der Waals surface area contributed by atoms with Crippen LogP contribution < -0.4 is 5.73 Å². The largest absolute Gasteiger partial charge is 0.367 e. The van der Waals surface area contributed by atoms with Gasteiger partial charge in [0.05, 0.1) is 0 Å². The third kappa shape index (κ3) is 1.89. The highest BCUT2D eigenvalue weighted by Gasteiger charge is 2.33. The summed E-state index contributed by atoms with van der Waals surface area (Å²) in [4.78, 5) is 11.5. The predicted molar refractivity (Wildman–Crippen MR) is 67.5 cm³/mol. The standard InChI is InChI=1S/C14H15NO2/c1-14(17-2,13(15)16)12-8-7-10-5-3-4-6-11(10)9-12/h3-9H,1-2H3,(H2,15,16)/t14-/m0/s1. The van der Waals surface area contributed by atoms with Crippen LogP contribution in [0, 0.1) is 0 Å². The number of ether oxygens (including phenoxy) is 1. The number of hydrogen-bond acceptors (Lipinski definition) is 2. The molecule has 1 amide bonds. The summed E-state index contributed by atoms with van der Waals surface area (Å²) >= 11 is 0. The van der Waals surface area contributed by atoms with Gasteiger partial charge in [-0.3, -0.25) is 4.79 Å². The monoisotopic (exact) mass is 229 g/mol. The van der Waals surface area contributed by atoms with Gasteiger partial charge in [0.25, 0.3) is 5.91 Å². The first-order valence-corrected chi connectivity index (χ1v) is 5.42. The van der Waals surface area contributed by atoms with Gasteiger partial charge in [0.2, 0.25) is 0 Å². The van der Waals surface area contributed by atoms with Gasteiger partial charge < -0.3 is 10.5 Å². The van der Waals surface area contributed by atoms with Crippen LogP contribution in [0.5, 0.6) is 0 Å². The Kier molecular flexibility index (Phi) is 2.86. The first-order chi connectivity index (χ1) is 8.08. The van der Waals surface area contributed by atoms with Crippen molar-refractivity contribution in [2.24, 2.45) is 5.73 Å². The zero-order valence-electron chi connectivity index (χ0n) is 9.94. The second-order valence-electron chi connectivity index (χ2n) is 4.16. The van der Waals surface area contributed by atoms with Crippen LogP contribution in [0.25, 0.3) is 10.8 Å². The Morgan fingerprint density at radius 2 is 1.82 bits per heavy atom. The summed E-state index contributed by atoms with van der Waals surface area (Å²) < 4.78 is 5.26. The Hall–Kier alpha value is -1.87. The van der Waals surface area contributed by atoms with Gasteiger partial charge in [0.15, 0.2) is 5.60 Å². The maximum atomic E-state index is 11.5. The number of methoxy groups -OCH3 is 1. The predicted octanol–water partition coefficient (Wildman–Crippen LogP) is 2.19. The third-order valence-corrected chi connectivity index (χ3v) is 3.18. The lowest BCUT2D eigenvalue weighted by Gasteiger charge is -2.25. The van der Waals surface area contributed by atoms with Crippen LogP contribution in [0.4, 0.5) is 0 Å². The van der Waals surface area contributed by atoms with Crippen LogP contribution in [0.15, 0.2) is 42.5 Å². The Labute approximate surface area is 100 Å². The van der Waals surface area contributed by atoms with Crippen molar-refractivity contribution in [1.29, 1.82) is 0 Å². The van der Waals surface area contributed by atoms with Crippen LogP contribution in [0.1, 0.15) is 12.5 Å². The molecule has 17 heavy (non-hydrogen) atoms. The molecule has 0 spiro atoms. The molecule has 0 heterocycles. The molecule has 0 fully saturated rings. The number of primary amides is 1. The van der Waals surface area contributed by atoms with E-state index in [-0.39, 0.29) is 0 Å². The molecule has 0 aliphatic heterocycles. The van der Waals surface area contributed by atoms with E-state index in [0.717, 1.165) is 16.3 Å². The summed E-state index contributed by atoms with van der Waals surface area (Å²) in [5.41, 5.74) is 5.08. The summed E-state index contributed by atoms with van der Waals surface area (Å²) in [6, 6.07) is 13.7. The fourth-order valence-electron chi connectivity index (χ4n) is 1.85. The zero-order valence-corrected chi connectivity index (χ0v) is 9.94. The highest BCUT2D eigenvalue weighted by atomic mass is 16.5. The van der Waals surface area contributed by atoms with Crippen LogP contribution in [-0.4, -0.2) is 13.0 Å². The van der Waals surface area contributed by atoms with Crippen molar-refractivity contribution in [3.05, 3.63) is 48.0 Å². The molecule has 0 saturated carbocycles. The molecule has 2 aromatic carbocycles. The fourth-order valence-corrected chi connectivity index (χ4v) is 1.85. The Morgan fingerprint density at radius 1 is 1.18 bits per heavy atom. The van der Waals surface area contributed by atoms with Gasteiger partial charge in [-0.05, 0) is 29.3 Å². The molecule has 2 rings (SSSR count). The van der Waals surface area contributed by atoms with Gasteiger partial charge in [0, 0.05) is 7.11 Å². The molecule has 0 radical (unpaired) electrons. The highest BCUT2D eigenvalue weighted by molar-refractivity contribution is 5.88. The Balaban J connectivity index is 2.59. The second-order valence-corrected chi connectivity index (χ2v) is 4.16. The van der Waals surface area contributed by atoms with Crippen molar-refractivity contribution in [1.82, 2.24) is 0 Å². The maximum absolute atomic E-state index is 11.5. The number of carbonyl (C=O) groups excluding carboxylic acids is 1. The van der Waals surface area contributed by atoms with E-state index in [1.54, 1.807) is 6.92 Å². The minimum atomic E-state index is -1.08. The molecule has 88 valence electrons. The van der Waals surface area contributed by atoms with Crippen LogP contribution in [0.3, 0.4) is 0 Å². The molecule has 1 atom stereocenters. The number of fused-ring (bicyclic) bond motifs is 1. The minimum Gasteiger partial charge on any atom is -0.367 e. The average Bonchev–Trinajstić information content (AvgIpc) is 2.37. The van der Waals surface area contributed by atoms with E-state index in [0.29, 0.717) is 0 Å². The number of hydrogen-bond donors (Lipinski definition) is 1. The summed E-state index contributed by atoms with van der Waals surface area (Å²) in [7, 11) is 1.49. The van der Waals surface area contributed by atoms with Crippen molar-refractivity contribution in [2.45, 2.75) is 12.5 Å². The second kappa shape index (κ2) is 4.18. The van der Waals surface area contributed by atoms with Crippen molar-refractivity contribution in [3.63, 3.8) is 0 Å². The molecule has 0 aliphatic rings. The van der Waals surface area contributed by atoms with Gasteiger partial charge >= 0.3 is 0 Å². The van der Waals surface area contributed by atoms with Gasteiger partial charge in [-0.1, -0.05) is 36.4 Å². The molecule has 2 aromatic rings. The first-order valence-electron chi connectivity index (χ1n) is 5.42. The lowest BCUT2D eigenvalue weighted by Crippen LogP contribution is -2.40. The topological polar surface area (TPSA) is 52.3 Å². The normalized spacial score (nSPS) is 14.5. The number of carbonyl (C=O) groups is 1. The van der Waals surface area contributed by atoms with E-state index in [1.807, 2.05) is 42.5 Å². The fraction of sp³-hybridized carbons (Fsp3) is 0.214. The van der Waals surface area contributed by atoms with Gasteiger partial charge in [-0.15, -0.1) is 0 Å². The third-order valence-electron chi connectivity index (χ3n) is 3.18. The molecule has 2 N–H and O–H groups in total. The van der Waals surface area contributed by atoms with Crippen molar-refractivity contribution in [2.75, 3.05) is 7.11 Å². The molecule has 0 unspecified atom stereocenters. The molecule has 0 aliphatic carbocycles. The number of benzene rings is 2. The SMILES string of the molecule is CO[C@](C)(C(N)=O)c1ccc2ccccc2c1. The van der Waals surface area contributed by atoms with Crippen LogP contribution in [0.2, 0.25) is 0 Å². The molecular formula is C14H15NO2. The smallest absolute Gasteiger partial charge is 0.254 e. The average molecular weight is 229 g/mol. The van der Waals surface area contributed by atoms with Crippen molar-refractivity contribution in [3.8, 4) is 0 Å². The first kappa shape index (κ1) is 11.6. The summed E-state index contributed by atoms with van der Waals surface area (Å²) in [6.45, 7) is 1.68. The summed E-state index contributed by atoms with van der Waals surface area (Å²) in [6.07, 6.45) is 0. The van der Waals surface area contributed by atoms with E-state index >= 15 is 0 Å². The van der Waals surface area contributed by atoms with Gasteiger partial charge in [-0.2, -0.15) is 0 Å². The zero-order chi connectivity index (χ0) is 12.5. The number of amides is 1. The summed E-state index contributed by atoms with van der Waals surface area (Å²) in [5.74, 6) is -0.490. The Morgan fingerprint density at radius 3 is 2.41 bits per heavy atom. The van der Waals surface area contributed by atoms with Gasteiger partial charge in [0.1, 0.15) is 0 Å². The van der Waals surface area contributed by atoms with Crippen molar-refractivity contribution >= 4 is 16.7 Å². The highest BCUT2D eigenvalue weighted by Crippen LogP contribution is 2.27. The quantitative estimate of drug-likeness (QED) is 0.877.